The molecule has 1 unspecified atom stereocenters. The number of hydrogen-bond donors (Lipinski definition) is 1. The maximum absolute atomic E-state index is 12.1. The van der Waals surface area contributed by atoms with Crippen LogP contribution in [0, 0.1) is 6.92 Å². The van der Waals surface area contributed by atoms with Gasteiger partial charge in [-0.1, -0.05) is 30.3 Å². The van der Waals surface area contributed by atoms with Crippen LogP contribution in [0.1, 0.15) is 27.6 Å². The third kappa shape index (κ3) is 2.66. The Hall–Kier alpha value is -2.13. The summed E-state index contributed by atoms with van der Waals surface area (Å²) >= 11 is 0. The van der Waals surface area contributed by atoms with E-state index in [1.807, 2.05) is 55.5 Å². The van der Waals surface area contributed by atoms with Crippen molar-refractivity contribution < 1.29 is 9.53 Å². The number of aryl methyl sites for hydroxylation is 1. The molecule has 96 valence electrons. The van der Waals surface area contributed by atoms with Gasteiger partial charge in [0.1, 0.15) is 6.10 Å². The second-order valence-electron chi connectivity index (χ2n) is 4.71. The van der Waals surface area contributed by atoms with Crippen LogP contribution >= 0.6 is 0 Å². The van der Waals surface area contributed by atoms with Crippen LogP contribution in [0.25, 0.3) is 0 Å². The van der Waals surface area contributed by atoms with Crippen molar-refractivity contribution >= 4 is 11.6 Å². The van der Waals surface area contributed by atoms with Crippen molar-refractivity contribution in [3.63, 3.8) is 0 Å². The molecule has 2 aromatic rings. The van der Waals surface area contributed by atoms with Gasteiger partial charge in [0, 0.05) is 11.3 Å². The molecule has 1 fully saturated rings. The summed E-state index contributed by atoms with van der Waals surface area (Å²) in [5.41, 5.74) is 3.70. The van der Waals surface area contributed by atoms with E-state index in [0.717, 1.165) is 23.4 Å². The predicted octanol–water partition coefficient (Wildman–Crippen LogP) is 3.32. The van der Waals surface area contributed by atoms with Crippen molar-refractivity contribution in [2.75, 3.05) is 11.9 Å². The normalized spacial score (nSPS) is 17.0. The molecule has 2 aromatic carbocycles. The highest BCUT2D eigenvalue weighted by atomic mass is 16.6. The largest absolute Gasteiger partial charge is 0.368 e. The molecule has 1 amide bonds. The minimum absolute atomic E-state index is 0.0856. The summed E-state index contributed by atoms with van der Waals surface area (Å²) in [6.07, 6.45) is 0.230. The molecule has 0 saturated carbocycles. The molecule has 0 aromatic heterocycles. The third-order valence-corrected chi connectivity index (χ3v) is 3.27. The van der Waals surface area contributed by atoms with E-state index in [1.165, 1.54) is 0 Å². The molecule has 0 bridgehead atoms. The Balaban J connectivity index is 1.74. The zero-order valence-corrected chi connectivity index (χ0v) is 10.7. The summed E-state index contributed by atoms with van der Waals surface area (Å²) in [5.74, 6) is -0.0856. The van der Waals surface area contributed by atoms with Gasteiger partial charge in [0.15, 0.2) is 0 Å². The first-order valence-corrected chi connectivity index (χ1v) is 6.32. The first-order chi connectivity index (χ1) is 9.24. The molecule has 1 aliphatic rings. The van der Waals surface area contributed by atoms with Crippen LogP contribution in [0.5, 0.6) is 0 Å². The Morgan fingerprint density at radius 1 is 1.16 bits per heavy atom. The first kappa shape index (κ1) is 11.9. The Morgan fingerprint density at radius 2 is 1.84 bits per heavy atom. The molecule has 19 heavy (non-hydrogen) atoms. The van der Waals surface area contributed by atoms with Gasteiger partial charge in [0.05, 0.1) is 6.61 Å². The molecular weight excluding hydrogens is 238 g/mol. The maximum Gasteiger partial charge on any atom is 0.255 e. The second kappa shape index (κ2) is 4.86. The number of carbonyl (C=O) groups excluding carboxylic acids is 1. The highest BCUT2D eigenvalue weighted by Crippen LogP contribution is 2.29. The van der Waals surface area contributed by atoms with Crippen LogP contribution in [0.15, 0.2) is 48.5 Å². The van der Waals surface area contributed by atoms with Gasteiger partial charge < -0.3 is 10.1 Å². The minimum Gasteiger partial charge on any atom is -0.368 e. The van der Waals surface area contributed by atoms with Crippen LogP contribution < -0.4 is 5.32 Å². The fourth-order valence-corrected chi connectivity index (χ4v) is 2.00. The van der Waals surface area contributed by atoms with Gasteiger partial charge in [-0.05, 0) is 36.2 Å². The van der Waals surface area contributed by atoms with Crippen molar-refractivity contribution in [1.29, 1.82) is 0 Å². The molecule has 1 saturated heterocycles. The molecular formula is C16H15NO2. The summed E-state index contributed by atoms with van der Waals surface area (Å²) in [6, 6.07) is 15.3. The van der Waals surface area contributed by atoms with E-state index < -0.39 is 0 Å². The number of carbonyl (C=O) groups is 1. The van der Waals surface area contributed by atoms with E-state index in [-0.39, 0.29) is 12.0 Å². The lowest BCUT2D eigenvalue weighted by Crippen LogP contribution is -2.12. The van der Waals surface area contributed by atoms with Gasteiger partial charge in [0.25, 0.3) is 5.91 Å². The smallest absolute Gasteiger partial charge is 0.255 e. The highest BCUT2D eigenvalue weighted by Gasteiger charge is 2.24. The third-order valence-electron chi connectivity index (χ3n) is 3.27. The second-order valence-corrected chi connectivity index (χ2v) is 4.71. The number of nitrogens with one attached hydrogen (secondary N) is 1. The topological polar surface area (TPSA) is 41.6 Å². The van der Waals surface area contributed by atoms with Crippen molar-refractivity contribution in [3.8, 4) is 0 Å². The molecule has 3 rings (SSSR count). The summed E-state index contributed by atoms with van der Waals surface area (Å²) in [7, 11) is 0. The number of rotatable bonds is 3. The van der Waals surface area contributed by atoms with Gasteiger partial charge in [0.2, 0.25) is 0 Å². The summed E-state index contributed by atoms with van der Waals surface area (Å²) < 4.78 is 5.21. The average molecular weight is 253 g/mol. The lowest BCUT2D eigenvalue weighted by molar-refractivity contribution is 0.102. The summed E-state index contributed by atoms with van der Waals surface area (Å²) in [5, 5.41) is 2.92. The van der Waals surface area contributed by atoms with Crippen LogP contribution in [-0.2, 0) is 4.74 Å². The van der Waals surface area contributed by atoms with Crippen LogP contribution in [-0.4, -0.2) is 12.5 Å². The molecule has 0 aliphatic carbocycles. The van der Waals surface area contributed by atoms with Crippen molar-refractivity contribution in [1.82, 2.24) is 0 Å². The number of amides is 1. The van der Waals surface area contributed by atoms with Gasteiger partial charge in [-0.3, -0.25) is 4.79 Å². The van der Waals surface area contributed by atoms with E-state index in [0.29, 0.717) is 5.56 Å². The zero-order valence-electron chi connectivity index (χ0n) is 10.7. The van der Waals surface area contributed by atoms with E-state index >= 15 is 0 Å². The maximum atomic E-state index is 12.1. The van der Waals surface area contributed by atoms with Gasteiger partial charge >= 0.3 is 0 Å². The van der Waals surface area contributed by atoms with Crippen molar-refractivity contribution in [2.45, 2.75) is 13.0 Å². The van der Waals surface area contributed by atoms with Crippen LogP contribution in [0.3, 0.4) is 0 Å². The summed E-state index contributed by atoms with van der Waals surface area (Å²) in [6.45, 7) is 2.76. The highest BCUT2D eigenvalue weighted by molar-refractivity contribution is 6.04. The Kier molecular flexibility index (Phi) is 3.05. The quantitative estimate of drug-likeness (QED) is 0.852. The number of benzene rings is 2. The van der Waals surface area contributed by atoms with Crippen molar-refractivity contribution in [3.05, 3.63) is 65.2 Å². The molecule has 3 nitrogen and oxygen atoms in total. The molecule has 1 N–H and O–H groups in total. The number of ether oxygens (including phenoxy) is 1. The number of epoxide rings is 1. The van der Waals surface area contributed by atoms with Gasteiger partial charge in [-0.25, -0.2) is 0 Å². The zero-order chi connectivity index (χ0) is 13.2. The number of para-hydroxylation sites is 1. The SMILES string of the molecule is Cc1ccccc1NC(=O)c1ccc(C2CO2)cc1. The molecule has 0 radical (unpaired) electrons. The Bertz CT molecular complexity index is 600. The molecule has 1 heterocycles. The van der Waals surface area contributed by atoms with E-state index in [2.05, 4.69) is 5.32 Å². The summed E-state index contributed by atoms with van der Waals surface area (Å²) in [4.78, 5) is 12.1. The standard InChI is InChI=1S/C16H15NO2/c1-11-4-2-3-5-14(11)17-16(18)13-8-6-12(7-9-13)15-10-19-15/h2-9,15H,10H2,1H3,(H,17,18). The molecule has 3 heteroatoms. The average Bonchev–Trinajstić information content (AvgIpc) is 3.26. The fourth-order valence-electron chi connectivity index (χ4n) is 2.00. The fraction of sp³-hybridized carbons (Fsp3) is 0.188. The van der Waals surface area contributed by atoms with Crippen LogP contribution in [0.4, 0.5) is 5.69 Å². The van der Waals surface area contributed by atoms with E-state index in [9.17, 15) is 4.79 Å². The Morgan fingerprint density at radius 3 is 2.47 bits per heavy atom. The number of hydrogen-bond acceptors (Lipinski definition) is 2. The lowest BCUT2D eigenvalue weighted by atomic mass is 10.1. The van der Waals surface area contributed by atoms with Gasteiger partial charge in [-0.15, -0.1) is 0 Å². The lowest BCUT2D eigenvalue weighted by Gasteiger charge is -2.08. The van der Waals surface area contributed by atoms with E-state index in [4.69, 9.17) is 4.74 Å². The van der Waals surface area contributed by atoms with Crippen LogP contribution in [0.2, 0.25) is 0 Å². The van der Waals surface area contributed by atoms with Crippen molar-refractivity contribution in [2.24, 2.45) is 0 Å². The monoisotopic (exact) mass is 253 g/mol. The molecule has 1 atom stereocenters. The Labute approximate surface area is 112 Å². The van der Waals surface area contributed by atoms with E-state index in [1.54, 1.807) is 0 Å². The molecule has 1 aliphatic heterocycles. The number of anilines is 1. The minimum atomic E-state index is -0.0856. The van der Waals surface area contributed by atoms with Gasteiger partial charge in [-0.2, -0.15) is 0 Å². The molecule has 0 spiro atoms. The predicted molar refractivity (Wildman–Crippen MR) is 74.3 cm³/mol. The first-order valence-electron chi connectivity index (χ1n) is 6.32.